The molecule has 62 valence electrons. The van der Waals surface area contributed by atoms with Crippen molar-refractivity contribution in [2.24, 2.45) is 0 Å². The Bertz CT molecular complexity index is 107. The van der Waals surface area contributed by atoms with Crippen LogP contribution in [0.4, 0.5) is 0 Å². The molecule has 0 N–H and O–H groups in total. The van der Waals surface area contributed by atoms with Gasteiger partial charge in [0, 0.05) is 7.11 Å². The van der Waals surface area contributed by atoms with Crippen molar-refractivity contribution in [3.63, 3.8) is 0 Å². The minimum Gasteiger partial charge on any atom is -0.414 e. The Balaban J connectivity index is 3.89. The van der Waals surface area contributed by atoms with Crippen molar-refractivity contribution < 1.29 is 8.91 Å². The molecule has 0 saturated carbocycles. The maximum atomic E-state index is 5.44. The van der Waals surface area contributed by atoms with Gasteiger partial charge in [-0.05, 0) is 13.1 Å². The lowest BCUT2D eigenvalue weighted by Crippen LogP contribution is -2.50. The number of quaternary nitrogens is 1. The third kappa shape index (κ3) is 4.96. The first-order valence-corrected chi connectivity index (χ1v) is 6.74. The summed E-state index contributed by atoms with van der Waals surface area (Å²) in [7, 11) is 7.09. The molecule has 0 aromatic carbocycles. The summed E-state index contributed by atoms with van der Waals surface area (Å²) in [5, 5.41) is 0. The van der Waals surface area contributed by atoms with Crippen LogP contribution in [0.1, 0.15) is 0 Å². The molecule has 0 aliphatic carbocycles. The highest BCUT2D eigenvalue weighted by Crippen LogP contribution is 2.06. The number of rotatable bonds is 3. The van der Waals surface area contributed by atoms with Gasteiger partial charge in [-0.2, -0.15) is 0 Å². The van der Waals surface area contributed by atoms with Crippen molar-refractivity contribution >= 4 is 8.32 Å². The Morgan fingerprint density at radius 1 is 1.20 bits per heavy atom. The fourth-order valence-corrected chi connectivity index (χ4v) is 3.62. The molecule has 0 aromatic rings. The van der Waals surface area contributed by atoms with Crippen molar-refractivity contribution in [1.82, 2.24) is 0 Å². The van der Waals surface area contributed by atoms with Gasteiger partial charge < -0.3 is 8.91 Å². The molecule has 0 aromatic heterocycles. The Labute approximate surface area is 65.5 Å². The van der Waals surface area contributed by atoms with E-state index in [0.29, 0.717) is 0 Å². The quantitative estimate of drug-likeness (QED) is 0.446. The fourth-order valence-electron chi connectivity index (χ4n) is 1.21. The predicted octanol–water partition coefficient (Wildman–Crippen LogP) is 1.08. The number of nitrogens with zero attached hydrogens (tertiary/aromatic N) is 1. The van der Waals surface area contributed by atoms with Crippen LogP contribution in [-0.4, -0.2) is 47.2 Å². The number of hydrogen-bond acceptors (Lipinski definition) is 1. The summed E-state index contributed by atoms with van der Waals surface area (Å²) in [5.41, 5.74) is 0. The second kappa shape index (κ2) is 3.03. The highest BCUT2D eigenvalue weighted by Gasteiger charge is 2.28. The van der Waals surface area contributed by atoms with Gasteiger partial charge in [-0.15, -0.1) is 0 Å². The van der Waals surface area contributed by atoms with Crippen molar-refractivity contribution in [1.29, 1.82) is 0 Å². The molecule has 0 atom stereocenters. The van der Waals surface area contributed by atoms with Crippen molar-refractivity contribution in [2.45, 2.75) is 13.1 Å². The monoisotopic (exact) mass is 162 g/mol. The standard InChI is InChI=1S/C7H20NOSi/c1-8(2,3)7-10(5,6)9-4/h7H2,1-6H3/q+1. The molecule has 10 heavy (non-hydrogen) atoms. The smallest absolute Gasteiger partial charge is 0.244 e. The van der Waals surface area contributed by atoms with Gasteiger partial charge in [0.2, 0.25) is 8.32 Å². The molecule has 0 spiro atoms. The summed E-state index contributed by atoms with van der Waals surface area (Å²) in [6.07, 6.45) is 1.17. The highest BCUT2D eigenvalue weighted by atomic mass is 28.4. The van der Waals surface area contributed by atoms with Gasteiger partial charge in [-0.25, -0.2) is 0 Å². The zero-order valence-electron chi connectivity index (χ0n) is 8.06. The summed E-state index contributed by atoms with van der Waals surface area (Å²) in [6.45, 7) is 4.49. The van der Waals surface area contributed by atoms with E-state index in [2.05, 4.69) is 34.2 Å². The molecule has 0 radical (unpaired) electrons. The zero-order chi connectivity index (χ0) is 8.41. The predicted molar refractivity (Wildman–Crippen MR) is 47.4 cm³/mol. The van der Waals surface area contributed by atoms with Crippen LogP contribution in [0.5, 0.6) is 0 Å². The molecule has 3 heteroatoms. The molecule has 0 heterocycles. The topological polar surface area (TPSA) is 9.23 Å². The normalized spacial score (nSPS) is 13.8. The van der Waals surface area contributed by atoms with Crippen LogP contribution in [0.15, 0.2) is 0 Å². The first-order chi connectivity index (χ1) is 4.27. The summed E-state index contributed by atoms with van der Waals surface area (Å²) in [5.74, 6) is 0. The van der Waals surface area contributed by atoms with E-state index in [9.17, 15) is 0 Å². The highest BCUT2D eigenvalue weighted by molar-refractivity contribution is 6.70. The van der Waals surface area contributed by atoms with Crippen molar-refractivity contribution in [3.05, 3.63) is 0 Å². The van der Waals surface area contributed by atoms with Crippen LogP contribution in [0, 0.1) is 0 Å². The van der Waals surface area contributed by atoms with Crippen LogP contribution in [0.2, 0.25) is 13.1 Å². The Kier molecular flexibility index (Phi) is 3.07. The van der Waals surface area contributed by atoms with Gasteiger partial charge in [-0.1, -0.05) is 0 Å². The summed E-state index contributed by atoms with van der Waals surface area (Å²) in [4.78, 5) is 0. The molecular formula is C7H20NOSi+. The van der Waals surface area contributed by atoms with Crippen LogP contribution < -0.4 is 0 Å². The molecule has 0 fully saturated rings. The fraction of sp³-hybridized carbons (Fsp3) is 1.00. The zero-order valence-corrected chi connectivity index (χ0v) is 9.06. The van der Waals surface area contributed by atoms with Crippen LogP contribution in [-0.2, 0) is 4.43 Å². The second-order valence-corrected chi connectivity index (χ2v) is 8.66. The molecule has 0 rings (SSSR count). The van der Waals surface area contributed by atoms with E-state index < -0.39 is 8.32 Å². The van der Waals surface area contributed by atoms with E-state index >= 15 is 0 Å². The Morgan fingerprint density at radius 3 is 1.70 bits per heavy atom. The molecule has 0 aliphatic rings. The van der Waals surface area contributed by atoms with E-state index in [0.717, 1.165) is 4.48 Å². The minimum atomic E-state index is -1.34. The van der Waals surface area contributed by atoms with Crippen LogP contribution >= 0.6 is 0 Å². The summed E-state index contributed by atoms with van der Waals surface area (Å²) >= 11 is 0. The van der Waals surface area contributed by atoms with Gasteiger partial charge in [0.15, 0.2) is 0 Å². The minimum absolute atomic E-state index is 1.01. The first-order valence-electron chi connectivity index (χ1n) is 3.62. The number of hydrogen-bond donors (Lipinski definition) is 0. The molecule has 0 aliphatic heterocycles. The van der Waals surface area contributed by atoms with E-state index in [-0.39, 0.29) is 0 Å². The SMILES string of the molecule is CO[Si](C)(C)C[N+](C)(C)C. The molecule has 0 unspecified atom stereocenters. The average molecular weight is 162 g/mol. The largest absolute Gasteiger partial charge is 0.414 e. The Hall–Kier alpha value is 0.137. The molecule has 2 nitrogen and oxygen atoms in total. The van der Waals surface area contributed by atoms with Crippen LogP contribution in [0.3, 0.4) is 0 Å². The van der Waals surface area contributed by atoms with Crippen LogP contribution in [0.25, 0.3) is 0 Å². The lowest BCUT2D eigenvalue weighted by atomic mass is 10.8. The van der Waals surface area contributed by atoms with E-state index in [4.69, 9.17) is 4.43 Å². The van der Waals surface area contributed by atoms with Gasteiger partial charge in [0.05, 0.1) is 27.3 Å². The van der Waals surface area contributed by atoms with E-state index in [1.165, 1.54) is 6.17 Å². The molecule has 0 bridgehead atoms. The second-order valence-electron chi connectivity index (χ2n) is 4.41. The summed E-state index contributed by atoms with van der Waals surface area (Å²) < 4.78 is 6.44. The maximum absolute atomic E-state index is 5.44. The lowest BCUT2D eigenvalue weighted by Gasteiger charge is -2.31. The van der Waals surface area contributed by atoms with Gasteiger partial charge in [0.1, 0.15) is 0 Å². The van der Waals surface area contributed by atoms with Crippen molar-refractivity contribution in [2.75, 3.05) is 34.4 Å². The third-order valence-electron chi connectivity index (χ3n) is 1.41. The van der Waals surface area contributed by atoms with Crippen molar-refractivity contribution in [3.8, 4) is 0 Å². The lowest BCUT2D eigenvalue weighted by molar-refractivity contribution is -0.860. The van der Waals surface area contributed by atoms with E-state index in [1.54, 1.807) is 0 Å². The van der Waals surface area contributed by atoms with Gasteiger partial charge in [0.25, 0.3) is 0 Å². The molecular weight excluding hydrogens is 142 g/mol. The van der Waals surface area contributed by atoms with Gasteiger partial charge >= 0.3 is 0 Å². The van der Waals surface area contributed by atoms with Gasteiger partial charge in [-0.3, -0.25) is 0 Å². The summed E-state index contributed by atoms with van der Waals surface area (Å²) in [6, 6.07) is 0. The third-order valence-corrected chi connectivity index (χ3v) is 4.22. The molecule has 0 amide bonds. The average Bonchev–Trinajstić information content (AvgIpc) is 1.60. The first kappa shape index (κ1) is 10.1. The molecule has 0 saturated heterocycles. The maximum Gasteiger partial charge on any atom is 0.244 e. The van der Waals surface area contributed by atoms with E-state index in [1.807, 2.05) is 7.11 Å². The Morgan fingerprint density at radius 2 is 1.60 bits per heavy atom.